The summed E-state index contributed by atoms with van der Waals surface area (Å²) in [6.07, 6.45) is 0. The first-order chi connectivity index (χ1) is 10.1. The van der Waals surface area contributed by atoms with Gasteiger partial charge in [0.15, 0.2) is 0 Å². The van der Waals surface area contributed by atoms with Crippen LogP contribution in [0.3, 0.4) is 0 Å². The number of benzene rings is 1. The molecule has 1 saturated heterocycles. The second-order valence-corrected chi connectivity index (χ2v) is 4.94. The van der Waals surface area contributed by atoms with E-state index in [2.05, 4.69) is 17.1 Å². The molecule has 7 nitrogen and oxygen atoms in total. The number of nitrogens with one attached hydrogen (secondary N) is 1. The van der Waals surface area contributed by atoms with Crippen LogP contribution in [-0.4, -0.2) is 60.4 Å². The van der Waals surface area contributed by atoms with Crippen LogP contribution >= 0.6 is 0 Å². The van der Waals surface area contributed by atoms with Gasteiger partial charge in [-0.1, -0.05) is 13.0 Å². The number of rotatable bonds is 4. The number of para-hydroxylation sites is 1. The number of carbonyl (C=O) groups excluding carboxylic acids is 1. The normalized spacial score (nSPS) is 15.8. The fourth-order valence-corrected chi connectivity index (χ4v) is 2.55. The van der Waals surface area contributed by atoms with Crippen LogP contribution in [-0.2, 0) is 0 Å². The molecular weight excluding hydrogens is 272 g/mol. The van der Waals surface area contributed by atoms with Gasteiger partial charge in [-0.25, -0.2) is 0 Å². The molecule has 1 aliphatic rings. The third-order valence-corrected chi connectivity index (χ3v) is 3.83. The predicted octanol–water partition coefficient (Wildman–Crippen LogP) is 1.41. The zero-order valence-electron chi connectivity index (χ0n) is 12.3. The molecule has 7 heteroatoms. The number of piperazine rings is 1. The fourth-order valence-electron chi connectivity index (χ4n) is 2.55. The number of hydrogen-bond acceptors (Lipinski definition) is 5. The van der Waals surface area contributed by atoms with E-state index < -0.39 is 4.92 Å². The topological polar surface area (TPSA) is 78.7 Å². The number of nitrogens with zero attached hydrogens (tertiary/aromatic N) is 3. The van der Waals surface area contributed by atoms with Crippen LogP contribution in [0.1, 0.15) is 17.3 Å². The Morgan fingerprint density at radius 3 is 2.52 bits per heavy atom. The molecule has 2 rings (SSSR count). The van der Waals surface area contributed by atoms with Gasteiger partial charge in [-0.3, -0.25) is 14.9 Å². The standard InChI is InChI=1S/C14H20N4O3/c1-3-16-7-9-17(10-8-16)14(19)11-5-4-6-12(15-2)13(11)18(20)21/h4-6,15H,3,7-10H2,1-2H3. The van der Waals surface area contributed by atoms with Gasteiger partial charge in [-0.05, 0) is 18.7 Å². The Morgan fingerprint density at radius 1 is 1.33 bits per heavy atom. The second-order valence-electron chi connectivity index (χ2n) is 4.94. The summed E-state index contributed by atoms with van der Waals surface area (Å²) in [5.74, 6) is -0.269. The van der Waals surface area contributed by atoms with E-state index in [4.69, 9.17) is 0 Å². The van der Waals surface area contributed by atoms with Crippen molar-refractivity contribution in [2.24, 2.45) is 0 Å². The molecule has 0 spiro atoms. The lowest BCUT2D eigenvalue weighted by Gasteiger charge is -2.34. The molecule has 0 unspecified atom stereocenters. The van der Waals surface area contributed by atoms with Crippen molar-refractivity contribution in [2.45, 2.75) is 6.92 Å². The monoisotopic (exact) mass is 292 g/mol. The number of hydrogen-bond donors (Lipinski definition) is 1. The minimum absolute atomic E-state index is 0.150. The van der Waals surface area contributed by atoms with Crippen molar-refractivity contribution in [1.82, 2.24) is 9.80 Å². The summed E-state index contributed by atoms with van der Waals surface area (Å²) in [7, 11) is 1.61. The quantitative estimate of drug-likeness (QED) is 0.670. The molecule has 1 aromatic rings. The van der Waals surface area contributed by atoms with E-state index in [9.17, 15) is 14.9 Å². The van der Waals surface area contributed by atoms with Crippen LogP contribution in [0.25, 0.3) is 0 Å². The van der Waals surface area contributed by atoms with Crippen molar-refractivity contribution in [3.8, 4) is 0 Å². The first-order valence-corrected chi connectivity index (χ1v) is 7.05. The molecule has 0 aliphatic carbocycles. The van der Waals surface area contributed by atoms with E-state index in [1.807, 2.05) is 0 Å². The Bertz CT molecular complexity index is 539. The fraction of sp³-hybridized carbons (Fsp3) is 0.500. The maximum absolute atomic E-state index is 12.6. The minimum atomic E-state index is -0.499. The Kier molecular flexibility index (Phi) is 4.74. The van der Waals surface area contributed by atoms with E-state index in [0.29, 0.717) is 18.8 Å². The molecule has 1 heterocycles. The van der Waals surface area contributed by atoms with Crippen LogP contribution in [0.5, 0.6) is 0 Å². The van der Waals surface area contributed by atoms with Crippen LogP contribution in [0.15, 0.2) is 18.2 Å². The molecule has 0 atom stereocenters. The highest BCUT2D eigenvalue weighted by Gasteiger charge is 2.29. The largest absolute Gasteiger partial charge is 0.383 e. The maximum atomic E-state index is 12.6. The van der Waals surface area contributed by atoms with Crippen molar-refractivity contribution >= 4 is 17.3 Å². The van der Waals surface area contributed by atoms with Crippen molar-refractivity contribution in [3.63, 3.8) is 0 Å². The van der Waals surface area contributed by atoms with E-state index in [0.717, 1.165) is 19.6 Å². The first-order valence-electron chi connectivity index (χ1n) is 7.05. The van der Waals surface area contributed by atoms with Crippen molar-refractivity contribution in [3.05, 3.63) is 33.9 Å². The van der Waals surface area contributed by atoms with Crippen molar-refractivity contribution < 1.29 is 9.72 Å². The molecule has 21 heavy (non-hydrogen) atoms. The van der Waals surface area contributed by atoms with Crippen molar-refractivity contribution in [1.29, 1.82) is 0 Å². The number of anilines is 1. The molecule has 1 aromatic carbocycles. The van der Waals surface area contributed by atoms with Gasteiger partial charge in [0, 0.05) is 33.2 Å². The molecule has 1 amide bonds. The van der Waals surface area contributed by atoms with Gasteiger partial charge in [0.2, 0.25) is 0 Å². The highest BCUT2D eigenvalue weighted by Crippen LogP contribution is 2.29. The first kappa shape index (κ1) is 15.2. The second kappa shape index (κ2) is 6.53. The average molecular weight is 292 g/mol. The minimum Gasteiger partial charge on any atom is -0.383 e. The third kappa shape index (κ3) is 3.13. The molecule has 0 aromatic heterocycles. The van der Waals surface area contributed by atoms with Crippen LogP contribution in [0.2, 0.25) is 0 Å². The molecule has 0 saturated carbocycles. The SMILES string of the molecule is CCN1CCN(C(=O)c2cccc(NC)c2[N+](=O)[O-])CC1. The predicted molar refractivity (Wildman–Crippen MR) is 80.7 cm³/mol. The summed E-state index contributed by atoms with van der Waals surface area (Å²) in [5, 5.41) is 14.0. The Labute approximate surface area is 123 Å². The van der Waals surface area contributed by atoms with Crippen LogP contribution in [0, 0.1) is 10.1 Å². The molecular formula is C14H20N4O3. The summed E-state index contributed by atoms with van der Waals surface area (Å²) < 4.78 is 0. The van der Waals surface area contributed by atoms with Gasteiger partial charge in [-0.2, -0.15) is 0 Å². The average Bonchev–Trinajstić information content (AvgIpc) is 2.53. The lowest BCUT2D eigenvalue weighted by Crippen LogP contribution is -2.48. The number of nitro groups is 1. The summed E-state index contributed by atoms with van der Waals surface area (Å²) >= 11 is 0. The number of carbonyl (C=O) groups is 1. The summed E-state index contributed by atoms with van der Waals surface area (Å²) in [5.41, 5.74) is 0.359. The molecule has 1 aliphatic heterocycles. The lowest BCUT2D eigenvalue weighted by molar-refractivity contribution is -0.384. The van der Waals surface area contributed by atoms with Gasteiger partial charge >= 0.3 is 5.69 Å². The van der Waals surface area contributed by atoms with Crippen molar-refractivity contribution in [2.75, 3.05) is 45.1 Å². The summed E-state index contributed by atoms with van der Waals surface area (Å²) in [4.78, 5) is 27.3. The Hall–Kier alpha value is -2.15. The maximum Gasteiger partial charge on any atom is 0.305 e. The molecule has 0 bridgehead atoms. The number of nitro benzene ring substituents is 1. The molecule has 114 valence electrons. The van der Waals surface area contributed by atoms with Gasteiger partial charge < -0.3 is 15.1 Å². The lowest BCUT2D eigenvalue weighted by atomic mass is 10.1. The van der Waals surface area contributed by atoms with Crippen LogP contribution in [0.4, 0.5) is 11.4 Å². The number of amides is 1. The highest BCUT2D eigenvalue weighted by molar-refractivity contribution is 6.00. The number of likely N-dealkylation sites (N-methyl/N-ethyl adjacent to an activating group) is 1. The van der Waals surface area contributed by atoms with E-state index in [-0.39, 0.29) is 17.2 Å². The molecule has 1 N–H and O–H groups in total. The van der Waals surface area contributed by atoms with Gasteiger partial charge in [-0.15, -0.1) is 0 Å². The van der Waals surface area contributed by atoms with E-state index >= 15 is 0 Å². The Balaban J connectivity index is 2.26. The Morgan fingerprint density at radius 2 is 2.00 bits per heavy atom. The molecule has 1 fully saturated rings. The van der Waals surface area contributed by atoms with Gasteiger partial charge in [0.25, 0.3) is 5.91 Å². The highest BCUT2D eigenvalue weighted by atomic mass is 16.6. The van der Waals surface area contributed by atoms with Gasteiger partial charge in [0.05, 0.1) is 4.92 Å². The van der Waals surface area contributed by atoms with Gasteiger partial charge in [0.1, 0.15) is 11.3 Å². The van der Waals surface area contributed by atoms with Crippen LogP contribution < -0.4 is 5.32 Å². The molecule has 0 radical (unpaired) electrons. The summed E-state index contributed by atoms with van der Waals surface area (Å²) in [6, 6.07) is 4.78. The van der Waals surface area contributed by atoms with E-state index in [1.165, 1.54) is 6.07 Å². The third-order valence-electron chi connectivity index (χ3n) is 3.83. The summed E-state index contributed by atoms with van der Waals surface area (Å²) in [6.45, 7) is 5.86. The smallest absolute Gasteiger partial charge is 0.305 e. The zero-order valence-corrected chi connectivity index (χ0v) is 12.3. The zero-order chi connectivity index (χ0) is 15.4. The van der Waals surface area contributed by atoms with E-state index in [1.54, 1.807) is 24.1 Å².